The highest BCUT2D eigenvalue weighted by Crippen LogP contribution is 2.27. The molecule has 0 aliphatic carbocycles. The Morgan fingerprint density at radius 2 is 1.71 bits per heavy atom. The molecule has 17 heavy (non-hydrogen) atoms. The SMILES string of the molecule is CCNc1nc(NC(C)C)nc(C(F)(F)F)n1. The third-order valence-electron chi connectivity index (χ3n) is 1.64. The minimum absolute atomic E-state index is 0.0621. The lowest BCUT2D eigenvalue weighted by Crippen LogP contribution is -2.19. The lowest BCUT2D eigenvalue weighted by Gasteiger charge is -2.12. The molecule has 1 rings (SSSR count). The third-order valence-corrected chi connectivity index (χ3v) is 1.64. The van der Waals surface area contributed by atoms with Gasteiger partial charge in [0.1, 0.15) is 0 Å². The van der Waals surface area contributed by atoms with Crippen LogP contribution in [0.2, 0.25) is 0 Å². The molecule has 8 heteroatoms. The number of alkyl halides is 3. The van der Waals surface area contributed by atoms with E-state index < -0.39 is 12.0 Å². The summed E-state index contributed by atoms with van der Waals surface area (Å²) in [6, 6.07) is -0.0621. The fraction of sp³-hybridized carbons (Fsp3) is 0.667. The van der Waals surface area contributed by atoms with Crippen molar-refractivity contribution in [3.63, 3.8) is 0 Å². The van der Waals surface area contributed by atoms with Crippen LogP contribution in [-0.2, 0) is 6.18 Å². The van der Waals surface area contributed by atoms with Crippen LogP contribution in [0.3, 0.4) is 0 Å². The summed E-state index contributed by atoms with van der Waals surface area (Å²) in [5, 5.41) is 5.35. The number of anilines is 2. The van der Waals surface area contributed by atoms with Gasteiger partial charge in [-0.1, -0.05) is 0 Å². The van der Waals surface area contributed by atoms with Gasteiger partial charge >= 0.3 is 6.18 Å². The van der Waals surface area contributed by atoms with Crippen LogP contribution in [-0.4, -0.2) is 27.5 Å². The molecule has 0 radical (unpaired) electrons. The highest BCUT2D eigenvalue weighted by atomic mass is 19.4. The first-order chi connectivity index (χ1) is 7.82. The number of nitrogens with zero attached hydrogens (tertiary/aromatic N) is 3. The number of rotatable bonds is 4. The molecule has 0 aromatic carbocycles. The van der Waals surface area contributed by atoms with E-state index in [4.69, 9.17) is 0 Å². The molecule has 1 aromatic rings. The molecule has 1 aromatic heterocycles. The first kappa shape index (κ1) is 13.5. The molecule has 2 N–H and O–H groups in total. The Bertz CT molecular complexity index is 377. The molecule has 5 nitrogen and oxygen atoms in total. The summed E-state index contributed by atoms with van der Waals surface area (Å²) in [5.41, 5.74) is 0. The van der Waals surface area contributed by atoms with Crippen LogP contribution in [0.15, 0.2) is 0 Å². The van der Waals surface area contributed by atoms with Crippen molar-refractivity contribution in [3.8, 4) is 0 Å². The van der Waals surface area contributed by atoms with Gasteiger partial charge in [-0.2, -0.15) is 28.1 Å². The maximum Gasteiger partial charge on any atom is 0.451 e. The maximum absolute atomic E-state index is 12.5. The van der Waals surface area contributed by atoms with Crippen LogP contribution < -0.4 is 10.6 Å². The highest BCUT2D eigenvalue weighted by molar-refractivity contribution is 5.35. The van der Waals surface area contributed by atoms with Crippen LogP contribution in [0.5, 0.6) is 0 Å². The third kappa shape index (κ3) is 4.04. The molecule has 0 spiro atoms. The van der Waals surface area contributed by atoms with E-state index in [-0.39, 0.29) is 17.9 Å². The lowest BCUT2D eigenvalue weighted by molar-refractivity contribution is -0.144. The number of hydrogen-bond acceptors (Lipinski definition) is 5. The van der Waals surface area contributed by atoms with Crippen LogP contribution in [0, 0.1) is 0 Å². The average molecular weight is 249 g/mol. The van der Waals surface area contributed by atoms with Crippen LogP contribution in [0.1, 0.15) is 26.6 Å². The number of aromatic nitrogens is 3. The van der Waals surface area contributed by atoms with E-state index in [1.165, 1.54) is 0 Å². The van der Waals surface area contributed by atoms with Gasteiger partial charge in [0, 0.05) is 12.6 Å². The minimum atomic E-state index is -4.58. The van der Waals surface area contributed by atoms with Crippen molar-refractivity contribution in [3.05, 3.63) is 5.82 Å². The first-order valence-corrected chi connectivity index (χ1v) is 5.16. The first-order valence-electron chi connectivity index (χ1n) is 5.16. The van der Waals surface area contributed by atoms with Crippen molar-refractivity contribution in [2.24, 2.45) is 0 Å². The van der Waals surface area contributed by atoms with Gasteiger partial charge in [0.2, 0.25) is 17.7 Å². The fourth-order valence-electron chi connectivity index (χ4n) is 1.06. The maximum atomic E-state index is 12.5. The standard InChI is InChI=1S/C9H14F3N5/c1-4-13-7-15-6(9(10,11)12)16-8(17-7)14-5(2)3/h5H,4H2,1-3H3,(H2,13,14,15,16,17). The molecule has 0 saturated heterocycles. The number of nitrogens with one attached hydrogen (secondary N) is 2. The fourth-order valence-corrected chi connectivity index (χ4v) is 1.06. The lowest BCUT2D eigenvalue weighted by atomic mass is 10.4. The summed E-state index contributed by atoms with van der Waals surface area (Å²) in [6.07, 6.45) is -4.58. The summed E-state index contributed by atoms with van der Waals surface area (Å²) in [5.74, 6) is -1.37. The Morgan fingerprint density at radius 1 is 1.12 bits per heavy atom. The van der Waals surface area contributed by atoms with Gasteiger partial charge in [-0.25, -0.2) is 0 Å². The van der Waals surface area contributed by atoms with E-state index in [1.807, 2.05) is 0 Å². The van der Waals surface area contributed by atoms with Gasteiger partial charge in [-0.05, 0) is 20.8 Å². The molecule has 1 heterocycles. The van der Waals surface area contributed by atoms with E-state index in [0.29, 0.717) is 6.54 Å². The quantitative estimate of drug-likeness (QED) is 0.856. The second-order valence-corrected chi connectivity index (χ2v) is 3.63. The second kappa shape index (κ2) is 5.15. The molecule has 0 aliphatic rings. The van der Waals surface area contributed by atoms with E-state index in [1.54, 1.807) is 20.8 Å². The Kier molecular flexibility index (Phi) is 4.08. The summed E-state index contributed by atoms with van der Waals surface area (Å²) in [4.78, 5) is 10.5. The minimum Gasteiger partial charge on any atom is -0.354 e. The Labute approximate surface area is 96.9 Å². The molecule has 0 atom stereocenters. The van der Waals surface area contributed by atoms with Gasteiger partial charge < -0.3 is 10.6 Å². The Hall–Kier alpha value is -1.60. The molecule has 0 saturated carbocycles. The molecule has 0 fully saturated rings. The Morgan fingerprint density at radius 3 is 2.18 bits per heavy atom. The van der Waals surface area contributed by atoms with E-state index in [2.05, 4.69) is 25.6 Å². The molecule has 0 amide bonds. The second-order valence-electron chi connectivity index (χ2n) is 3.63. The predicted molar refractivity (Wildman–Crippen MR) is 57.8 cm³/mol. The molecule has 0 unspecified atom stereocenters. The summed E-state index contributed by atoms with van der Waals surface area (Å²) in [6.45, 7) is 5.74. The topological polar surface area (TPSA) is 62.7 Å². The number of hydrogen-bond donors (Lipinski definition) is 2. The average Bonchev–Trinajstić information content (AvgIpc) is 2.15. The van der Waals surface area contributed by atoms with Crippen molar-refractivity contribution in [1.82, 2.24) is 15.0 Å². The molecule has 96 valence electrons. The zero-order chi connectivity index (χ0) is 13.1. The zero-order valence-electron chi connectivity index (χ0n) is 9.76. The highest BCUT2D eigenvalue weighted by Gasteiger charge is 2.35. The van der Waals surface area contributed by atoms with Gasteiger partial charge in [0.05, 0.1) is 0 Å². The van der Waals surface area contributed by atoms with Gasteiger partial charge in [0.25, 0.3) is 0 Å². The molecular weight excluding hydrogens is 235 g/mol. The molecule has 0 bridgehead atoms. The van der Waals surface area contributed by atoms with Gasteiger partial charge in [0.15, 0.2) is 0 Å². The van der Waals surface area contributed by atoms with Gasteiger partial charge in [-0.15, -0.1) is 0 Å². The predicted octanol–water partition coefficient (Wildman–Crippen LogP) is 2.14. The van der Waals surface area contributed by atoms with E-state index in [0.717, 1.165) is 0 Å². The normalized spacial score (nSPS) is 11.7. The van der Waals surface area contributed by atoms with E-state index >= 15 is 0 Å². The van der Waals surface area contributed by atoms with Crippen LogP contribution in [0.4, 0.5) is 25.1 Å². The van der Waals surface area contributed by atoms with Crippen LogP contribution >= 0.6 is 0 Å². The summed E-state index contributed by atoms with van der Waals surface area (Å²) < 4.78 is 37.6. The van der Waals surface area contributed by atoms with E-state index in [9.17, 15) is 13.2 Å². The van der Waals surface area contributed by atoms with Gasteiger partial charge in [-0.3, -0.25) is 0 Å². The number of halogens is 3. The summed E-state index contributed by atoms with van der Waals surface area (Å²) >= 11 is 0. The molecule has 0 aliphatic heterocycles. The van der Waals surface area contributed by atoms with Crippen molar-refractivity contribution in [2.75, 3.05) is 17.2 Å². The Balaban J connectivity index is 3.09. The monoisotopic (exact) mass is 249 g/mol. The van der Waals surface area contributed by atoms with Crippen molar-refractivity contribution in [2.45, 2.75) is 33.0 Å². The van der Waals surface area contributed by atoms with Crippen molar-refractivity contribution >= 4 is 11.9 Å². The molecular formula is C9H14F3N5. The van der Waals surface area contributed by atoms with Crippen molar-refractivity contribution in [1.29, 1.82) is 0 Å². The van der Waals surface area contributed by atoms with Crippen molar-refractivity contribution < 1.29 is 13.2 Å². The smallest absolute Gasteiger partial charge is 0.354 e. The largest absolute Gasteiger partial charge is 0.451 e. The zero-order valence-corrected chi connectivity index (χ0v) is 9.76. The summed E-state index contributed by atoms with van der Waals surface area (Å²) in [7, 11) is 0. The van der Waals surface area contributed by atoms with Crippen LogP contribution in [0.25, 0.3) is 0 Å².